The number of carboxylic acids is 1. The Kier molecular flexibility index (Phi) is 2.21. The molecule has 3 heterocycles. The summed E-state index contributed by atoms with van der Waals surface area (Å²) in [5, 5.41) is 12.5. The highest BCUT2D eigenvalue weighted by Crippen LogP contribution is 2.25. The molecule has 2 aromatic rings. The molecular weight excluding hydrogens is 222 g/mol. The number of imidazole rings is 1. The molecule has 0 atom stereocenters. The molecule has 1 aliphatic heterocycles. The summed E-state index contributed by atoms with van der Waals surface area (Å²) in [6.45, 7) is 0.929. The predicted molar refractivity (Wildman–Crippen MR) is 57.6 cm³/mol. The zero-order chi connectivity index (χ0) is 11.8. The Hall–Kier alpha value is -2.11. The fourth-order valence-electron chi connectivity index (χ4n) is 2.10. The van der Waals surface area contributed by atoms with Crippen LogP contribution in [0.25, 0.3) is 11.5 Å². The molecule has 0 bridgehead atoms. The first kappa shape index (κ1) is 10.1. The summed E-state index contributed by atoms with van der Waals surface area (Å²) in [5.41, 5.74) is 0.609. The van der Waals surface area contributed by atoms with E-state index in [1.807, 2.05) is 10.8 Å². The summed E-state index contributed by atoms with van der Waals surface area (Å²) >= 11 is 0. The maximum atomic E-state index is 11.0. The normalized spacial score (nSPS) is 14.6. The number of hydrogen-bond donors (Lipinski definition) is 1. The van der Waals surface area contributed by atoms with Crippen molar-refractivity contribution in [2.75, 3.05) is 0 Å². The van der Waals surface area contributed by atoms with Crippen molar-refractivity contribution in [1.29, 1.82) is 0 Å². The molecule has 6 nitrogen and oxygen atoms in total. The number of hydrogen-bond acceptors (Lipinski definition) is 4. The summed E-state index contributed by atoms with van der Waals surface area (Å²) in [6, 6.07) is 0. The number of nitrogens with zero attached hydrogens (tertiary/aromatic N) is 3. The van der Waals surface area contributed by atoms with E-state index in [4.69, 9.17) is 9.63 Å². The minimum Gasteiger partial charge on any atom is -0.477 e. The van der Waals surface area contributed by atoms with Crippen molar-refractivity contribution in [3.05, 3.63) is 23.8 Å². The predicted octanol–water partition coefficient (Wildman–Crippen LogP) is 1.57. The van der Waals surface area contributed by atoms with E-state index in [2.05, 4.69) is 10.1 Å². The molecule has 0 unspecified atom stereocenters. The van der Waals surface area contributed by atoms with E-state index in [9.17, 15) is 4.79 Å². The summed E-state index contributed by atoms with van der Waals surface area (Å²) in [7, 11) is 0. The van der Waals surface area contributed by atoms with Gasteiger partial charge in [-0.05, 0) is 12.8 Å². The topological polar surface area (TPSA) is 81.1 Å². The van der Waals surface area contributed by atoms with Gasteiger partial charge in [0.05, 0.1) is 6.20 Å². The lowest BCUT2D eigenvalue weighted by Gasteiger charge is -2.11. The van der Waals surface area contributed by atoms with E-state index in [1.54, 1.807) is 0 Å². The van der Waals surface area contributed by atoms with Gasteiger partial charge in [0, 0.05) is 19.2 Å². The molecule has 3 rings (SSSR count). The van der Waals surface area contributed by atoms with Crippen LogP contribution in [-0.2, 0) is 13.0 Å². The van der Waals surface area contributed by atoms with Gasteiger partial charge in [0.1, 0.15) is 17.1 Å². The number of fused-ring (bicyclic) bond motifs is 1. The second-order valence-corrected chi connectivity index (χ2v) is 4.07. The third-order valence-corrected chi connectivity index (χ3v) is 2.94. The van der Waals surface area contributed by atoms with Crippen molar-refractivity contribution in [2.45, 2.75) is 25.8 Å². The van der Waals surface area contributed by atoms with E-state index in [0.717, 1.165) is 31.6 Å². The average molecular weight is 233 g/mol. The molecule has 0 amide bonds. The van der Waals surface area contributed by atoms with Gasteiger partial charge in [0.15, 0.2) is 0 Å². The van der Waals surface area contributed by atoms with Crippen molar-refractivity contribution in [1.82, 2.24) is 14.7 Å². The lowest BCUT2D eigenvalue weighted by atomic mass is 10.2. The zero-order valence-corrected chi connectivity index (χ0v) is 9.09. The summed E-state index contributed by atoms with van der Waals surface area (Å²) < 4.78 is 7.03. The highest BCUT2D eigenvalue weighted by molar-refractivity contribution is 5.93. The number of aromatic nitrogens is 3. The number of aromatic carboxylic acids is 1. The van der Waals surface area contributed by atoms with Gasteiger partial charge in [0.2, 0.25) is 5.76 Å². The third-order valence-electron chi connectivity index (χ3n) is 2.94. The Morgan fingerprint density at radius 3 is 3.12 bits per heavy atom. The lowest BCUT2D eigenvalue weighted by molar-refractivity contribution is 0.0697. The Labute approximate surface area is 96.9 Å². The van der Waals surface area contributed by atoms with Gasteiger partial charge in [0.25, 0.3) is 0 Å². The maximum absolute atomic E-state index is 11.0. The van der Waals surface area contributed by atoms with Gasteiger partial charge in [-0.15, -0.1) is 0 Å². The number of rotatable bonds is 2. The third kappa shape index (κ3) is 1.61. The SMILES string of the molecule is O=C(O)c1cnoc1-c1cn2c(n1)CCCC2. The number of carbonyl (C=O) groups is 1. The van der Waals surface area contributed by atoms with Crippen LogP contribution in [0.4, 0.5) is 0 Å². The summed E-state index contributed by atoms with van der Waals surface area (Å²) in [4.78, 5) is 15.4. The van der Waals surface area contributed by atoms with E-state index < -0.39 is 5.97 Å². The molecule has 17 heavy (non-hydrogen) atoms. The monoisotopic (exact) mass is 233 g/mol. The van der Waals surface area contributed by atoms with Crippen LogP contribution in [0.3, 0.4) is 0 Å². The van der Waals surface area contributed by atoms with Crippen LogP contribution in [-0.4, -0.2) is 25.8 Å². The van der Waals surface area contributed by atoms with E-state index >= 15 is 0 Å². The Morgan fingerprint density at radius 1 is 1.47 bits per heavy atom. The maximum Gasteiger partial charge on any atom is 0.341 e. The second kappa shape index (κ2) is 3.73. The fourth-order valence-corrected chi connectivity index (χ4v) is 2.10. The van der Waals surface area contributed by atoms with Crippen LogP contribution >= 0.6 is 0 Å². The van der Waals surface area contributed by atoms with Gasteiger partial charge < -0.3 is 14.2 Å². The molecule has 0 spiro atoms. The van der Waals surface area contributed by atoms with Crippen molar-refractivity contribution in [2.24, 2.45) is 0 Å². The van der Waals surface area contributed by atoms with Crippen LogP contribution < -0.4 is 0 Å². The van der Waals surface area contributed by atoms with Crippen molar-refractivity contribution < 1.29 is 14.4 Å². The van der Waals surface area contributed by atoms with E-state index in [0.29, 0.717) is 5.69 Å². The Bertz CT molecular complexity index is 547. The van der Waals surface area contributed by atoms with E-state index in [1.165, 1.54) is 6.20 Å². The van der Waals surface area contributed by atoms with Gasteiger partial charge in [-0.25, -0.2) is 9.78 Å². The standard InChI is InChI=1S/C11H11N3O3/c15-11(16)7-5-12-17-10(7)8-6-14-4-2-1-3-9(14)13-8/h5-6H,1-4H2,(H,15,16). The zero-order valence-electron chi connectivity index (χ0n) is 9.09. The van der Waals surface area contributed by atoms with Crippen LogP contribution in [0.2, 0.25) is 0 Å². The fraction of sp³-hybridized carbons (Fsp3) is 0.364. The average Bonchev–Trinajstić information content (AvgIpc) is 2.95. The van der Waals surface area contributed by atoms with Gasteiger partial charge in [-0.1, -0.05) is 5.16 Å². The first-order chi connectivity index (χ1) is 8.25. The quantitative estimate of drug-likeness (QED) is 0.851. The Balaban J connectivity index is 2.06. The van der Waals surface area contributed by atoms with Crippen molar-refractivity contribution in [3.63, 3.8) is 0 Å². The number of carboxylic acid groups (broad SMARTS) is 1. The summed E-state index contributed by atoms with van der Waals surface area (Å²) in [5.74, 6) is 0.172. The molecule has 6 heteroatoms. The molecular formula is C11H11N3O3. The van der Waals surface area contributed by atoms with Gasteiger partial charge in [-0.3, -0.25) is 0 Å². The summed E-state index contributed by atoms with van der Waals surface area (Å²) in [6.07, 6.45) is 6.22. The highest BCUT2D eigenvalue weighted by Gasteiger charge is 2.21. The smallest absolute Gasteiger partial charge is 0.341 e. The molecule has 0 saturated heterocycles. The number of aryl methyl sites for hydroxylation is 2. The van der Waals surface area contributed by atoms with Gasteiger partial charge >= 0.3 is 5.97 Å². The first-order valence-electron chi connectivity index (χ1n) is 5.50. The first-order valence-corrected chi connectivity index (χ1v) is 5.50. The molecule has 1 N–H and O–H groups in total. The minimum atomic E-state index is -1.05. The van der Waals surface area contributed by atoms with E-state index in [-0.39, 0.29) is 11.3 Å². The molecule has 0 fully saturated rings. The molecule has 88 valence electrons. The van der Waals surface area contributed by atoms with Crippen molar-refractivity contribution >= 4 is 5.97 Å². The van der Waals surface area contributed by atoms with Crippen molar-refractivity contribution in [3.8, 4) is 11.5 Å². The second-order valence-electron chi connectivity index (χ2n) is 4.07. The van der Waals surface area contributed by atoms with Crippen LogP contribution in [0.5, 0.6) is 0 Å². The minimum absolute atomic E-state index is 0.0560. The Morgan fingerprint density at radius 2 is 2.35 bits per heavy atom. The molecule has 0 aliphatic carbocycles. The van der Waals surface area contributed by atoms with Crippen LogP contribution in [0.1, 0.15) is 29.0 Å². The highest BCUT2D eigenvalue weighted by atomic mass is 16.5. The molecule has 2 aromatic heterocycles. The molecule has 0 aromatic carbocycles. The van der Waals surface area contributed by atoms with Crippen LogP contribution in [0.15, 0.2) is 16.9 Å². The molecule has 1 aliphatic rings. The molecule has 0 radical (unpaired) electrons. The van der Waals surface area contributed by atoms with Crippen LogP contribution in [0, 0.1) is 0 Å². The largest absolute Gasteiger partial charge is 0.477 e. The molecule has 0 saturated carbocycles. The van der Waals surface area contributed by atoms with Gasteiger partial charge in [-0.2, -0.15) is 0 Å². The lowest BCUT2D eigenvalue weighted by Crippen LogP contribution is -2.08.